The van der Waals surface area contributed by atoms with E-state index in [1.807, 2.05) is 0 Å². The van der Waals surface area contributed by atoms with Crippen molar-refractivity contribution in [1.82, 2.24) is 5.43 Å². The number of nitrogens with one attached hydrogen (secondary N) is 1. The molecule has 0 bridgehead atoms. The van der Waals surface area contributed by atoms with Crippen molar-refractivity contribution in [3.05, 3.63) is 28.8 Å². The summed E-state index contributed by atoms with van der Waals surface area (Å²) in [5, 5.41) is 0. The van der Waals surface area contributed by atoms with E-state index in [2.05, 4.69) is 38.3 Å². The Morgan fingerprint density at radius 1 is 1.22 bits per heavy atom. The van der Waals surface area contributed by atoms with Gasteiger partial charge in [0.05, 0.1) is 6.61 Å². The number of amides is 1. The second-order valence-corrected chi connectivity index (χ2v) is 4.60. The Morgan fingerprint density at radius 2 is 1.83 bits per heavy atom. The molecule has 0 heterocycles. The number of hydrogen-bond donors (Lipinski definition) is 2. The van der Waals surface area contributed by atoms with Crippen molar-refractivity contribution in [2.45, 2.75) is 40.0 Å². The van der Waals surface area contributed by atoms with Crippen molar-refractivity contribution >= 4 is 5.91 Å². The molecule has 0 saturated carbocycles. The molecule has 0 aliphatic heterocycles. The summed E-state index contributed by atoms with van der Waals surface area (Å²) < 4.78 is 5.78. The molecule has 0 saturated heterocycles. The Bertz CT molecular complexity index is 393. The van der Waals surface area contributed by atoms with Crippen LogP contribution in [0.2, 0.25) is 0 Å². The van der Waals surface area contributed by atoms with Gasteiger partial charge >= 0.3 is 0 Å². The maximum absolute atomic E-state index is 10.9. The number of carbonyl (C=O) groups is 1. The molecule has 0 atom stereocenters. The summed E-state index contributed by atoms with van der Waals surface area (Å²) in [5.74, 6) is 5.84. The highest BCUT2D eigenvalue weighted by Gasteiger charge is 2.05. The van der Waals surface area contributed by atoms with Gasteiger partial charge in [0.2, 0.25) is 5.91 Å². The Kier molecular flexibility index (Phi) is 5.65. The second-order valence-electron chi connectivity index (χ2n) is 4.60. The van der Waals surface area contributed by atoms with E-state index in [1.165, 1.54) is 5.56 Å². The van der Waals surface area contributed by atoms with Gasteiger partial charge in [0, 0.05) is 6.42 Å². The molecule has 0 unspecified atom stereocenters. The van der Waals surface area contributed by atoms with Crippen molar-refractivity contribution in [2.24, 2.45) is 5.84 Å². The molecule has 0 aliphatic rings. The van der Waals surface area contributed by atoms with E-state index < -0.39 is 0 Å². The lowest BCUT2D eigenvalue weighted by molar-refractivity contribution is -0.121. The summed E-state index contributed by atoms with van der Waals surface area (Å²) in [6.07, 6.45) is 2.08. The lowest BCUT2D eigenvalue weighted by atomic mass is 10.1. The molecule has 4 nitrogen and oxygen atoms in total. The summed E-state index contributed by atoms with van der Waals surface area (Å²) in [4.78, 5) is 10.9. The number of hydrogen-bond acceptors (Lipinski definition) is 3. The van der Waals surface area contributed by atoms with Crippen LogP contribution in [0.1, 0.15) is 36.0 Å². The molecule has 3 N–H and O–H groups in total. The van der Waals surface area contributed by atoms with Gasteiger partial charge in [-0.3, -0.25) is 10.2 Å². The van der Waals surface area contributed by atoms with Crippen LogP contribution in [0.3, 0.4) is 0 Å². The minimum Gasteiger partial charge on any atom is -0.493 e. The number of aryl methyl sites for hydroxylation is 3. The maximum Gasteiger partial charge on any atom is 0.233 e. The first-order chi connectivity index (χ1) is 8.54. The number of hydrazine groups is 1. The third-order valence-corrected chi connectivity index (χ3v) is 2.81. The zero-order chi connectivity index (χ0) is 13.5. The largest absolute Gasteiger partial charge is 0.493 e. The molecule has 1 amide bonds. The van der Waals surface area contributed by atoms with E-state index in [9.17, 15) is 4.79 Å². The average molecular weight is 250 g/mol. The fourth-order valence-electron chi connectivity index (χ4n) is 2.03. The predicted octanol–water partition coefficient (Wildman–Crippen LogP) is 2.15. The van der Waals surface area contributed by atoms with E-state index >= 15 is 0 Å². The van der Waals surface area contributed by atoms with Crippen LogP contribution in [0.5, 0.6) is 5.75 Å². The fraction of sp³-hybridized carbons (Fsp3) is 0.500. The predicted molar refractivity (Wildman–Crippen MR) is 72.3 cm³/mol. The quantitative estimate of drug-likeness (QED) is 0.352. The lowest BCUT2D eigenvalue weighted by Crippen LogP contribution is -2.29. The van der Waals surface area contributed by atoms with E-state index in [1.54, 1.807) is 0 Å². The van der Waals surface area contributed by atoms with Gasteiger partial charge in [-0.05, 0) is 44.7 Å². The number of unbranched alkanes of at least 4 members (excludes halogenated alkanes) is 1. The number of rotatable bonds is 6. The van der Waals surface area contributed by atoms with Crippen LogP contribution in [0.15, 0.2) is 12.1 Å². The number of nitrogens with two attached hydrogens (primary N) is 1. The molecule has 0 fully saturated rings. The van der Waals surface area contributed by atoms with Crippen LogP contribution >= 0.6 is 0 Å². The Balaban J connectivity index is 2.38. The standard InChI is InChI=1S/C14H22N2O2/c1-10-8-11(2)14(12(3)9-10)18-7-5-4-6-13(17)16-15/h8-9H,4-7,15H2,1-3H3,(H,16,17). The minimum atomic E-state index is -0.127. The molecule has 18 heavy (non-hydrogen) atoms. The van der Waals surface area contributed by atoms with Crippen LogP contribution in [-0.4, -0.2) is 12.5 Å². The van der Waals surface area contributed by atoms with Gasteiger partial charge in [-0.2, -0.15) is 0 Å². The van der Waals surface area contributed by atoms with Crippen molar-refractivity contribution in [3.8, 4) is 5.75 Å². The molecule has 0 radical (unpaired) electrons. The molecule has 0 aromatic heterocycles. The molecule has 1 rings (SSSR count). The lowest BCUT2D eigenvalue weighted by Gasteiger charge is -2.13. The molecule has 0 aliphatic carbocycles. The summed E-state index contributed by atoms with van der Waals surface area (Å²) in [6.45, 7) is 6.81. The molecule has 0 spiro atoms. The molecular formula is C14H22N2O2. The number of ether oxygens (including phenoxy) is 1. The van der Waals surface area contributed by atoms with Crippen LogP contribution in [-0.2, 0) is 4.79 Å². The smallest absolute Gasteiger partial charge is 0.233 e. The van der Waals surface area contributed by atoms with Crippen LogP contribution in [0.25, 0.3) is 0 Å². The van der Waals surface area contributed by atoms with Crippen LogP contribution in [0.4, 0.5) is 0 Å². The van der Waals surface area contributed by atoms with Crippen LogP contribution in [0, 0.1) is 20.8 Å². The van der Waals surface area contributed by atoms with Gasteiger partial charge < -0.3 is 4.74 Å². The van der Waals surface area contributed by atoms with E-state index in [0.29, 0.717) is 13.0 Å². The zero-order valence-corrected chi connectivity index (χ0v) is 11.4. The van der Waals surface area contributed by atoms with E-state index in [4.69, 9.17) is 10.6 Å². The first-order valence-corrected chi connectivity index (χ1v) is 6.24. The van der Waals surface area contributed by atoms with Crippen LogP contribution < -0.4 is 16.0 Å². The molecule has 1 aromatic carbocycles. The van der Waals surface area contributed by atoms with Gasteiger partial charge in [-0.15, -0.1) is 0 Å². The third kappa shape index (κ3) is 4.37. The number of carbonyl (C=O) groups excluding carboxylic acids is 1. The topological polar surface area (TPSA) is 64.3 Å². The molecule has 4 heteroatoms. The van der Waals surface area contributed by atoms with E-state index in [0.717, 1.165) is 29.7 Å². The Hall–Kier alpha value is -1.55. The van der Waals surface area contributed by atoms with E-state index in [-0.39, 0.29) is 5.91 Å². The molecular weight excluding hydrogens is 228 g/mol. The van der Waals surface area contributed by atoms with Gasteiger partial charge in [-0.1, -0.05) is 17.7 Å². The van der Waals surface area contributed by atoms with Gasteiger partial charge in [0.1, 0.15) is 5.75 Å². The summed E-state index contributed by atoms with van der Waals surface area (Å²) in [6, 6.07) is 4.23. The normalized spacial score (nSPS) is 10.2. The highest BCUT2D eigenvalue weighted by Crippen LogP contribution is 2.24. The SMILES string of the molecule is Cc1cc(C)c(OCCCCC(=O)NN)c(C)c1. The van der Waals surface area contributed by atoms with Gasteiger partial charge in [0.25, 0.3) is 0 Å². The highest BCUT2D eigenvalue weighted by atomic mass is 16.5. The first-order valence-electron chi connectivity index (χ1n) is 6.24. The maximum atomic E-state index is 10.9. The van der Waals surface area contributed by atoms with Crippen molar-refractivity contribution in [2.75, 3.05) is 6.61 Å². The monoisotopic (exact) mass is 250 g/mol. The average Bonchev–Trinajstić information content (AvgIpc) is 2.31. The summed E-state index contributed by atoms with van der Waals surface area (Å²) in [7, 11) is 0. The second kappa shape index (κ2) is 7.01. The summed E-state index contributed by atoms with van der Waals surface area (Å²) in [5.41, 5.74) is 5.68. The molecule has 100 valence electrons. The number of benzene rings is 1. The van der Waals surface area contributed by atoms with Crippen molar-refractivity contribution in [1.29, 1.82) is 0 Å². The van der Waals surface area contributed by atoms with Crippen molar-refractivity contribution in [3.63, 3.8) is 0 Å². The first kappa shape index (κ1) is 14.5. The highest BCUT2D eigenvalue weighted by molar-refractivity contribution is 5.75. The summed E-state index contributed by atoms with van der Waals surface area (Å²) >= 11 is 0. The zero-order valence-electron chi connectivity index (χ0n) is 11.4. The third-order valence-electron chi connectivity index (χ3n) is 2.81. The van der Waals surface area contributed by atoms with Gasteiger partial charge in [0.15, 0.2) is 0 Å². The fourth-order valence-corrected chi connectivity index (χ4v) is 2.03. The Morgan fingerprint density at radius 3 is 2.39 bits per heavy atom. The van der Waals surface area contributed by atoms with Gasteiger partial charge in [-0.25, -0.2) is 5.84 Å². The molecule has 1 aromatic rings. The van der Waals surface area contributed by atoms with Crippen molar-refractivity contribution < 1.29 is 9.53 Å². The minimum absolute atomic E-state index is 0.127. The Labute approximate surface area is 108 Å².